The summed E-state index contributed by atoms with van der Waals surface area (Å²) in [6.45, 7) is 5.34. The number of rotatable bonds is 8. The Balaban J connectivity index is 2.02. The van der Waals surface area contributed by atoms with Gasteiger partial charge in [0.2, 0.25) is 15.9 Å². The molecule has 0 saturated carbocycles. The van der Waals surface area contributed by atoms with E-state index in [-0.39, 0.29) is 5.91 Å². The zero-order valence-corrected chi connectivity index (χ0v) is 16.0. The molecule has 1 amide bonds. The molecule has 1 N–H and O–H groups in total. The van der Waals surface area contributed by atoms with Crippen molar-refractivity contribution in [2.45, 2.75) is 38.6 Å². The first-order chi connectivity index (χ1) is 11.9. The Kier molecular flexibility index (Phi) is 7.25. The second kappa shape index (κ2) is 9.20. The van der Waals surface area contributed by atoms with E-state index in [9.17, 15) is 13.2 Å². The van der Waals surface area contributed by atoms with Crippen molar-refractivity contribution in [3.63, 3.8) is 0 Å². The van der Waals surface area contributed by atoms with E-state index in [2.05, 4.69) is 10.2 Å². The molecule has 1 aromatic rings. The van der Waals surface area contributed by atoms with Gasteiger partial charge in [-0.2, -0.15) is 0 Å². The third-order valence-corrected chi connectivity index (χ3v) is 5.70. The third-order valence-electron chi connectivity index (χ3n) is 4.52. The lowest BCUT2D eigenvalue weighted by atomic mass is 10.1. The van der Waals surface area contributed by atoms with E-state index in [4.69, 9.17) is 0 Å². The van der Waals surface area contributed by atoms with Crippen molar-refractivity contribution in [2.24, 2.45) is 0 Å². The Bertz CT molecular complexity index is 643. The van der Waals surface area contributed by atoms with Gasteiger partial charge in [-0.05, 0) is 44.5 Å². The van der Waals surface area contributed by atoms with Gasteiger partial charge in [-0.15, -0.1) is 0 Å². The molecule has 1 fully saturated rings. The number of hydrogen-bond donors (Lipinski definition) is 1. The summed E-state index contributed by atoms with van der Waals surface area (Å²) in [7, 11) is -3.56. The molecule has 1 atom stereocenters. The minimum atomic E-state index is -3.56. The Hall–Kier alpha value is -1.60. The van der Waals surface area contributed by atoms with Crippen molar-refractivity contribution < 1.29 is 13.2 Å². The van der Waals surface area contributed by atoms with Crippen molar-refractivity contribution in [3.05, 3.63) is 30.3 Å². The molecule has 0 spiro atoms. The van der Waals surface area contributed by atoms with Crippen LogP contribution in [0.4, 0.5) is 5.69 Å². The van der Waals surface area contributed by atoms with Crippen LogP contribution in [0.25, 0.3) is 0 Å². The first kappa shape index (κ1) is 19.7. The Morgan fingerprint density at radius 3 is 2.40 bits per heavy atom. The fourth-order valence-corrected chi connectivity index (χ4v) is 4.48. The Labute approximate surface area is 151 Å². The van der Waals surface area contributed by atoms with Crippen LogP contribution in [0.1, 0.15) is 32.6 Å². The number of carbonyl (C=O) groups is 1. The number of sulfonamides is 1. The van der Waals surface area contributed by atoms with Gasteiger partial charge >= 0.3 is 0 Å². The molecule has 0 radical (unpaired) electrons. The summed E-state index contributed by atoms with van der Waals surface area (Å²) in [6, 6.07) is 8.06. The Morgan fingerprint density at radius 1 is 1.20 bits per heavy atom. The molecule has 2 rings (SSSR count). The van der Waals surface area contributed by atoms with Crippen LogP contribution in [-0.4, -0.2) is 57.7 Å². The number of carbonyl (C=O) groups excluding carboxylic acids is 1. The van der Waals surface area contributed by atoms with Crippen molar-refractivity contribution in [2.75, 3.05) is 36.7 Å². The van der Waals surface area contributed by atoms with Crippen molar-refractivity contribution in [1.29, 1.82) is 0 Å². The lowest BCUT2D eigenvalue weighted by Crippen LogP contribution is -2.50. The molecule has 1 heterocycles. The highest BCUT2D eigenvalue weighted by Gasteiger charge is 2.31. The number of hydrogen-bond acceptors (Lipinski definition) is 4. The highest BCUT2D eigenvalue weighted by molar-refractivity contribution is 7.92. The average molecular weight is 368 g/mol. The molecule has 6 nitrogen and oxygen atoms in total. The van der Waals surface area contributed by atoms with E-state index in [1.807, 2.05) is 13.0 Å². The summed E-state index contributed by atoms with van der Waals surface area (Å²) in [5.74, 6) is -0.242. The highest BCUT2D eigenvalue weighted by Crippen LogP contribution is 2.21. The third kappa shape index (κ3) is 5.71. The van der Waals surface area contributed by atoms with Crippen LogP contribution < -0.4 is 9.62 Å². The van der Waals surface area contributed by atoms with Crippen molar-refractivity contribution >= 4 is 21.6 Å². The van der Waals surface area contributed by atoms with Gasteiger partial charge < -0.3 is 10.2 Å². The quantitative estimate of drug-likeness (QED) is 0.761. The van der Waals surface area contributed by atoms with E-state index < -0.39 is 16.1 Å². The lowest BCUT2D eigenvalue weighted by Gasteiger charge is -2.31. The minimum Gasteiger partial charge on any atom is -0.353 e. The normalized spacial score (nSPS) is 17.0. The molecule has 1 saturated heterocycles. The van der Waals surface area contributed by atoms with Gasteiger partial charge in [0, 0.05) is 13.1 Å². The second-order valence-corrected chi connectivity index (χ2v) is 8.37. The predicted octanol–water partition coefficient (Wildman–Crippen LogP) is 1.83. The zero-order valence-electron chi connectivity index (χ0n) is 15.1. The molecule has 25 heavy (non-hydrogen) atoms. The number of nitrogens with zero attached hydrogens (tertiary/aromatic N) is 2. The molecule has 1 aromatic carbocycles. The topological polar surface area (TPSA) is 69.7 Å². The van der Waals surface area contributed by atoms with E-state index in [0.29, 0.717) is 18.7 Å². The molecule has 1 aliphatic heterocycles. The fourth-order valence-electron chi connectivity index (χ4n) is 3.27. The molecular formula is C18H29N3O3S. The standard InChI is InChI=1S/C18H29N3O3S/c1-3-17(18(22)19-12-15-20-13-8-5-9-14-20)21(25(2,23)24)16-10-6-4-7-11-16/h4,6-7,10-11,17H,3,5,8-9,12-15H2,1-2H3,(H,19,22). The van der Waals surface area contributed by atoms with Gasteiger partial charge in [0.15, 0.2) is 0 Å². The summed E-state index contributed by atoms with van der Waals surface area (Å²) in [4.78, 5) is 15.0. The molecule has 0 aliphatic carbocycles. The van der Waals surface area contributed by atoms with Crippen molar-refractivity contribution in [1.82, 2.24) is 10.2 Å². The van der Waals surface area contributed by atoms with E-state index in [1.54, 1.807) is 24.3 Å². The summed E-state index contributed by atoms with van der Waals surface area (Å²) in [5, 5.41) is 2.92. The molecule has 1 aliphatic rings. The van der Waals surface area contributed by atoms with Gasteiger partial charge in [-0.25, -0.2) is 8.42 Å². The zero-order chi connectivity index (χ0) is 18.3. The summed E-state index contributed by atoms with van der Waals surface area (Å²) in [5.41, 5.74) is 0.517. The van der Waals surface area contributed by atoms with Crippen LogP contribution in [0.3, 0.4) is 0 Å². The van der Waals surface area contributed by atoms with Crippen LogP contribution in [0.2, 0.25) is 0 Å². The molecule has 1 unspecified atom stereocenters. The summed E-state index contributed by atoms with van der Waals surface area (Å²) < 4.78 is 25.8. The first-order valence-corrected chi connectivity index (χ1v) is 10.8. The summed E-state index contributed by atoms with van der Waals surface area (Å²) >= 11 is 0. The van der Waals surface area contributed by atoms with E-state index in [1.165, 1.54) is 23.6 Å². The van der Waals surface area contributed by atoms with Crippen LogP contribution in [-0.2, 0) is 14.8 Å². The lowest BCUT2D eigenvalue weighted by molar-refractivity contribution is -0.122. The second-order valence-electron chi connectivity index (χ2n) is 6.51. The number of nitrogens with one attached hydrogen (secondary N) is 1. The van der Waals surface area contributed by atoms with E-state index >= 15 is 0 Å². The van der Waals surface area contributed by atoms with Crippen LogP contribution in [0.15, 0.2) is 30.3 Å². The van der Waals surface area contributed by atoms with Crippen LogP contribution >= 0.6 is 0 Å². The number of para-hydroxylation sites is 1. The van der Waals surface area contributed by atoms with E-state index in [0.717, 1.165) is 25.9 Å². The minimum absolute atomic E-state index is 0.242. The SMILES string of the molecule is CCC(C(=O)NCCN1CCCCC1)N(c1ccccc1)S(C)(=O)=O. The predicted molar refractivity (Wildman–Crippen MR) is 101 cm³/mol. The number of piperidine rings is 1. The van der Waals surface area contributed by atoms with Gasteiger partial charge in [-0.1, -0.05) is 31.5 Å². The molecule has 0 aromatic heterocycles. The number of benzene rings is 1. The molecule has 7 heteroatoms. The van der Waals surface area contributed by atoms with Gasteiger partial charge in [0.1, 0.15) is 6.04 Å². The molecule has 0 bridgehead atoms. The van der Waals surface area contributed by atoms with Gasteiger partial charge in [-0.3, -0.25) is 9.10 Å². The average Bonchev–Trinajstić information content (AvgIpc) is 2.60. The number of likely N-dealkylation sites (tertiary alicyclic amines) is 1. The number of anilines is 1. The number of amides is 1. The first-order valence-electron chi connectivity index (χ1n) is 8.98. The maximum absolute atomic E-state index is 12.6. The highest BCUT2D eigenvalue weighted by atomic mass is 32.2. The largest absolute Gasteiger partial charge is 0.353 e. The van der Waals surface area contributed by atoms with Gasteiger partial charge in [0.05, 0.1) is 11.9 Å². The maximum Gasteiger partial charge on any atom is 0.243 e. The van der Waals surface area contributed by atoms with Crippen LogP contribution in [0, 0.1) is 0 Å². The maximum atomic E-state index is 12.6. The molecule has 140 valence electrons. The van der Waals surface area contributed by atoms with Gasteiger partial charge in [0.25, 0.3) is 0 Å². The fraction of sp³-hybridized carbons (Fsp3) is 0.611. The smallest absolute Gasteiger partial charge is 0.243 e. The monoisotopic (exact) mass is 367 g/mol. The van der Waals surface area contributed by atoms with Crippen molar-refractivity contribution in [3.8, 4) is 0 Å². The summed E-state index contributed by atoms with van der Waals surface area (Å²) in [6.07, 6.45) is 5.26. The molecular weight excluding hydrogens is 338 g/mol. The van der Waals surface area contributed by atoms with Crippen LogP contribution in [0.5, 0.6) is 0 Å². The Morgan fingerprint density at radius 2 is 1.84 bits per heavy atom.